The Balaban J connectivity index is 1.67. The number of Topliss-reactive ketones (excluding diaryl/α,β-unsaturated/α-hetero) is 1. The summed E-state index contributed by atoms with van der Waals surface area (Å²) in [6, 6.07) is 4.03. The Bertz CT molecular complexity index is 751. The summed E-state index contributed by atoms with van der Waals surface area (Å²) >= 11 is 3.02. The van der Waals surface area contributed by atoms with Gasteiger partial charge in [0.05, 0.1) is 16.7 Å². The zero-order valence-corrected chi connectivity index (χ0v) is 16.2. The maximum atomic E-state index is 12.2. The molecule has 1 fully saturated rings. The summed E-state index contributed by atoms with van der Waals surface area (Å²) in [7, 11) is 0. The van der Waals surface area contributed by atoms with Crippen LogP contribution in [-0.2, 0) is 9.59 Å². The third kappa shape index (κ3) is 4.30. The highest BCUT2D eigenvalue weighted by Gasteiger charge is 2.31. The van der Waals surface area contributed by atoms with E-state index in [0.29, 0.717) is 6.04 Å². The predicted octanol–water partition coefficient (Wildman–Crippen LogP) is 3.16. The van der Waals surface area contributed by atoms with E-state index in [0.717, 1.165) is 28.7 Å². The summed E-state index contributed by atoms with van der Waals surface area (Å²) < 4.78 is 2.15. The summed E-state index contributed by atoms with van der Waals surface area (Å²) in [5, 5.41) is 14.2. The van der Waals surface area contributed by atoms with E-state index in [1.54, 1.807) is 11.3 Å². The first kappa shape index (κ1) is 18.1. The van der Waals surface area contributed by atoms with Crippen LogP contribution >= 0.6 is 23.1 Å². The minimum Gasteiger partial charge on any atom is -0.345 e. The quantitative estimate of drug-likeness (QED) is 0.714. The van der Waals surface area contributed by atoms with Crippen LogP contribution in [-0.4, -0.2) is 38.2 Å². The van der Waals surface area contributed by atoms with Gasteiger partial charge in [-0.05, 0) is 37.1 Å². The Labute approximate surface area is 155 Å². The van der Waals surface area contributed by atoms with Crippen molar-refractivity contribution < 1.29 is 9.59 Å². The monoisotopic (exact) mass is 378 g/mol. The average molecular weight is 379 g/mol. The number of thioether (sulfide) groups is 1. The first-order chi connectivity index (χ1) is 12.0. The van der Waals surface area contributed by atoms with Crippen molar-refractivity contribution in [3.63, 3.8) is 0 Å². The van der Waals surface area contributed by atoms with Gasteiger partial charge in [0.25, 0.3) is 0 Å². The van der Waals surface area contributed by atoms with Crippen LogP contribution in [0, 0.1) is 5.92 Å². The van der Waals surface area contributed by atoms with Crippen molar-refractivity contribution in [2.75, 3.05) is 5.75 Å². The summed E-state index contributed by atoms with van der Waals surface area (Å²) in [6.07, 6.45) is 2.24. The molecule has 0 spiro atoms. The Morgan fingerprint density at radius 3 is 2.72 bits per heavy atom. The van der Waals surface area contributed by atoms with E-state index in [1.807, 2.05) is 31.4 Å². The van der Waals surface area contributed by atoms with Gasteiger partial charge in [-0.2, -0.15) is 0 Å². The maximum Gasteiger partial charge on any atom is 0.231 e. The maximum absolute atomic E-state index is 12.2. The molecule has 2 aromatic heterocycles. The van der Waals surface area contributed by atoms with E-state index >= 15 is 0 Å². The third-order valence-electron chi connectivity index (χ3n) is 4.07. The van der Waals surface area contributed by atoms with Gasteiger partial charge in [-0.3, -0.25) is 14.2 Å². The highest BCUT2D eigenvalue weighted by Crippen LogP contribution is 2.41. The van der Waals surface area contributed by atoms with E-state index in [1.165, 1.54) is 18.7 Å². The van der Waals surface area contributed by atoms with Crippen LogP contribution in [0.1, 0.15) is 39.7 Å². The van der Waals surface area contributed by atoms with Crippen molar-refractivity contribution in [3.05, 3.63) is 17.5 Å². The van der Waals surface area contributed by atoms with Gasteiger partial charge in [0.1, 0.15) is 0 Å². The Hall–Kier alpha value is -1.67. The lowest BCUT2D eigenvalue weighted by Gasteiger charge is -2.19. The van der Waals surface area contributed by atoms with Crippen LogP contribution in [0.25, 0.3) is 10.7 Å². The summed E-state index contributed by atoms with van der Waals surface area (Å²) in [6.45, 7) is 5.36. The van der Waals surface area contributed by atoms with Crippen molar-refractivity contribution in [2.24, 2.45) is 5.92 Å². The van der Waals surface area contributed by atoms with Gasteiger partial charge in [0, 0.05) is 6.04 Å². The molecule has 25 heavy (non-hydrogen) atoms. The van der Waals surface area contributed by atoms with E-state index < -0.39 is 6.04 Å². The van der Waals surface area contributed by atoms with E-state index in [-0.39, 0.29) is 23.4 Å². The van der Waals surface area contributed by atoms with Crippen molar-refractivity contribution >= 4 is 34.8 Å². The second-order valence-corrected chi connectivity index (χ2v) is 8.46. The molecule has 1 N–H and O–H groups in total. The lowest BCUT2D eigenvalue weighted by molar-refractivity contribution is -0.126. The first-order valence-electron chi connectivity index (χ1n) is 8.38. The number of amides is 1. The summed E-state index contributed by atoms with van der Waals surface area (Å²) in [5.74, 6) is 1.01. The molecule has 0 aliphatic heterocycles. The molecular weight excluding hydrogens is 356 g/mol. The number of carbonyl (C=O) groups excluding carboxylic acids is 2. The van der Waals surface area contributed by atoms with E-state index in [2.05, 4.69) is 20.1 Å². The van der Waals surface area contributed by atoms with Crippen LogP contribution in [0.3, 0.4) is 0 Å². The Morgan fingerprint density at radius 1 is 1.40 bits per heavy atom. The SMILES string of the molecule is CC(=O)C(NC(=O)CSc1nnc(-c2cccs2)n1C1CC1)C(C)C. The molecule has 1 amide bonds. The molecule has 1 unspecified atom stereocenters. The summed E-state index contributed by atoms with van der Waals surface area (Å²) in [5.41, 5.74) is 0. The number of nitrogens with zero attached hydrogens (tertiary/aromatic N) is 3. The number of hydrogen-bond acceptors (Lipinski definition) is 6. The summed E-state index contributed by atoms with van der Waals surface area (Å²) in [4.78, 5) is 25.0. The van der Waals surface area contributed by atoms with Gasteiger partial charge >= 0.3 is 0 Å². The fourth-order valence-corrected chi connectivity index (χ4v) is 4.22. The molecule has 1 aliphatic rings. The van der Waals surface area contributed by atoms with Gasteiger partial charge in [-0.25, -0.2) is 0 Å². The molecule has 2 aromatic rings. The largest absolute Gasteiger partial charge is 0.345 e. The van der Waals surface area contributed by atoms with Crippen LogP contribution in [0.2, 0.25) is 0 Å². The van der Waals surface area contributed by atoms with Gasteiger partial charge in [0.2, 0.25) is 5.91 Å². The minimum atomic E-state index is -0.434. The van der Waals surface area contributed by atoms with Crippen molar-refractivity contribution in [2.45, 2.75) is 50.9 Å². The molecule has 3 rings (SSSR count). The van der Waals surface area contributed by atoms with Crippen molar-refractivity contribution in [3.8, 4) is 10.7 Å². The topological polar surface area (TPSA) is 76.9 Å². The normalized spacial score (nSPS) is 15.4. The van der Waals surface area contributed by atoms with E-state index in [4.69, 9.17) is 0 Å². The number of rotatable bonds is 8. The standard InChI is InChI=1S/C17H22N4O2S2/c1-10(2)15(11(3)22)18-14(23)9-25-17-20-19-16(13-5-4-8-24-13)21(17)12-6-7-12/h4-5,8,10,12,15H,6-7,9H2,1-3H3,(H,18,23). The predicted molar refractivity (Wildman–Crippen MR) is 99.8 cm³/mol. The first-order valence-corrected chi connectivity index (χ1v) is 10.2. The molecule has 1 aliphatic carbocycles. The Morgan fingerprint density at radius 2 is 2.16 bits per heavy atom. The average Bonchev–Trinajstić information content (AvgIpc) is 3.09. The van der Waals surface area contributed by atoms with Crippen LogP contribution in [0.5, 0.6) is 0 Å². The lowest BCUT2D eigenvalue weighted by atomic mass is 10.0. The van der Waals surface area contributed by atoms with Gasteiger partial charge in [-0.15, -0.1) is 21.5 Å². The van der Waals surface area contributed by atoms with Gasteiger partial charge in [-0.1, -0.05) is 31.7 Å². The third-order valence-corrected chi connectivity index (χ3v) is 5.88. The molecule has 0 saturated heterocycles. The molecule has 0 aromatic carbocycles. The molecule has 2 heterocycles. The molecule has 0 radical (unpaired) electrons. The fraction of sp³-hybridized carbons (Fsp3) is 0.529. The van der Waals surface area contributed by atoms with Crippen LogP contribution in [0.15, 0.2) is 22.7 Å². The van der Waals surface area contributed by atoms with Crippen molar-refractivity contribution in [1.29, 1.82) is 0 Å². The number of nitrogens with one attached hydrogen (secondary N) is 1. The number of thiophene rings is 1. The lowest BCUT2D eigenvalue weighted by Crippen LogP contribution is -2.44. The molecular formula is C17H22N4O2S2. The molecule has 1 saturated carbocycles. The second kappa shape index (κ2) is 7.70. The zero-order chi connectivity index (χ0) is 18.0. The van der Waals surface area contributed by atoms with Crippen LogP contribution < -0.4 is 5.32 Å². The minimum absolute atomic E-state index is 0.0190. The smallest absolute Gasteiger partial charge is 0.231 e. The van der Waals surface area contributed by atoms with Crippen molar-refractivity contribution in [1.82, 2.24) is 20.1 Å². The van der Waals surface area contributed by atoms with Crippen LogP contribution in [0.4, 0.5) is 0 Å². The van der Waals surface area contributed by atoms with Gasteiger partial charge in [0.15, 0.2) is 16.8 Å². The number of ketones is 1. The van der Waals surface area contributed by atoms with Gasteiger partial charge < -0.3 is 5.32 Å². The molecule has 134 valence electrons. The zero-order valence-electron chi connectivity index (χ0n) is 14.6. The number of aromatic nitrogens is 3. The molecule has 1 atom stereocenters. The highest BCUT2D eigenvalue weighted by atomic mass is 32.2. The fourth-order valence-electron chi connectivity index (χ4n) is 2.69. The molecule has 6 nitrogen and oxygen atoms in total. The molecule has 8 heteroatoms. The Kier molecular flexibility index (Phi) is 5.58. The number of carbonyl (C=O) groups is 2. The van der Waals surface area contributed by atoms with E-state index in [9.17, 15) is 9.59 Å². The number of hydrogen-bond donors (Lipinski definition) is 1. The highest BCUT2D eigenvalue weighted by molar-refractivity contribution is 7.99. The molecule has 0 bridgehead atoms. The second-order valence-electron chi connectivity index (χ2n) is 6.57.